The molecule has 0 N–H and O–H groups in total. The molecular formula is C21H27N3O5S. The van der Waals surface area contributed by atoms with Crippen LogP contribution in [-0.2, 0) is 20.8 Å². The number of hydrogen-bond acceptors (Lipinski definition) is 7. The van der Waals surface area contributed by atoms with Gasteiger partial charge in [-0.15, -0.1) is 0 Å². The number of ether oxygens (including phenoxy) is 2. The molecule has 2 aromatic rings. The lowest BCUT2D eigenvalue weighted by Gasteiger charge is -2.21. The van der Waals surface area contributed by atoms with Gasteiger partial charge in [0, 0.05) is 33.4 Å². The first-order valence-corrected chi connectivity index (χ1v) is 10.9. The molecule has 1 fully saturated rings. The van der Waals surface area contributed by atoms with E-state index < -0.39 is 5.97 Å². The number of fused-ring (bicyclic) bond motifs is 1. The summed E-state index contributed by atoms with van der Waals surface area (Å²) in [5.41, 5.74) is 0.538. The maximum atomic E-state index is 13.2. The zero-order valence-corrected chi connectivity index (χ0v) is 18.4. The van der Waals surface area contributed by atoms with Crippen molar-refractivity contribution in [2.75, 3.05) is 33.9 Å². The predicted molar refractivity (Wildman–Crippen MR) is 115 cm³/mol. The molecule has 1 aromatic carbocycles. The number of amides is 1. The highest BCUT2D eigenvalue weighted by atomic mass is 32.2. The lowest BCUT2D eigenvalue weighted by atomic mass is 10.1. The van der Waals surface area contributed by atoms with E-state index in [4.69, 9.17) is 9.47 Å². The first-order chi connectivity index (χ1) is 14.5. The lowest BCUT2D eigenvalue weighted by molar-refractivity contribution is -0.129. The molecule has 30 heavy (non-hydrogen) atoms. The highest BCUT2D eigenvalue weighted by molar-refractivity contribution is 8.00. The molecule has 1 saturated heterocycles. The van der Waals surface area contributed by atoms with Gasteiger partial charge in [0.25, 0.3) is 5.56 Å². The third kappa shape index (κ3) is 4.84. The summed E-state index contributed by atoms with van der Waals surface area (Å²) in [6.45, 7) is 4.33. The van der Waals surface area contributed by atoms with Crippen LogP contribution in [0.4, 0.5) is 0 Å². The van der Waals surface area contributed by atoms with E-state index in [1.165, 1.54) is 18.9 Å². The Morgan fingerprint density at radius 1 is 1.23 bits per heavy atom. The molecule has 0 bridgehead atoms. The van der Waals surface area contributed by atoms with Crippen LogP contribution in [0.25, 0.3) is 10.9 Å². The minimum absolute atomic E-state index is 0.0543. The van der Waals surface area contributed by atoms with Gasteiger partial charge in [-0.05, 0) is 44.4 Å². The fraction of sp³-hybridized carbons (Fsp3) is 0.524. The van der Waals surface area contributed by atoms with Gasteiger partial charge in [0.2, 0.25) is 5.91 Å². The number of hydrogen-bond donors (Lipinski definition) is 0. The zero-order chi connectivity index (χ0) is 21.7. The van der Waals surface area contributed by atoms with Crippen molar-refractivity contribution >= 4 is 34.5 Å². The molecular weight excluding hydrogens is 406 g/mol. The minimum Gasteiger partial charge on any atom is -0.465 e. The van der Waals surface area contributed by atoms with E-state index >= 15 is 0 Å². The van der Waals surface area contributed by atoms with Crippen molar-refractivity contribution in [3.8, 4) is 0 Å². The summed E-state index contributed by atoms with van der Waals surface area (Å²) in [5.74, 6) is -0.437. The third-order valence-electron chi connectivity index (χ3n) is 5.12. The monoisotopic (exact) mass is 433 g/mol. The number of benzene rings is 1. The summed E-state index contributed by atoms with van der Waals surface area (Å²) in [6.07, 6.45) is 2.69. The Morgan fingerprint density at radius 3 is 2.63 bits per heavy atom. The maximum Gasteiger partial charge on any atom is 0.337 e. The average Bonchev–Trinajstić information content (AvgIpc) is 3.29. The fourth-order valence-corrected chi connectivity index (χ4v) is 4.52. The quantitative estimate of drug-likeness (QED) is 0.273. The maximum absolute atomic E-state index is 13.2. The van der Waals surface area contributed by atoms with Gasteiger partial charge in [-0.2, -0.15) is 0 Å². The van der Waals surface area contributed by atoms with Crippen LogP contribution < -0.4 is 5.56 Å². The molecule has 1 aliphatic heterocycles. The summed E-state index contributed by atoms with van der Waals surface area (Å²) < 4.78 is 11.5. The Bertz CT molecular complexity index is 985. The van der Waals surface area contributed by atoms with Crippen LogP contribution in [0.5, 0.6) is 0 Å². The topological polar surface area (TPSA) is 90.7 Å². The van der Waals surface area contributed by atoms with Crippen molar-refractivity contribution in [2.24, 2.45) is 0 Å². The van der Waals surface area contributed by atoms with Gasteiger partial charge >= 0.3 is 5.97 Å². The Labute approximate surface area is 179 Å². The molecule has 1 unspecified atom stereocenters. The van der Waals surface area contributed by atoms with Gasteiger partial charge in [0.1, 0.15) is 0 Å². The minimum atomic E-state index is -0.491. The van der Waals surface area contributed by atoms with Gasteiger partial charge in [0.15, 0.2) is 5.16 Å². The Hall–Kier alpha value is -2.39. The first-order valence-electron chi connectivity index (χ1n) is 10.0. The fourth-order valence-electron chi connectivity index (χ4n) is 3.50. The van der Waals surface area contributed by atoms with Crippen molar-refractivity contribution in [3.63, 3.8) is 0 Å². The molecule has 1 aliphatic rings. The number of nitrogens with zero attached hydrogens (tertiary/aromatic N) is 3. The van der Waals surface area contributed by atoms with E-state index in [1.54, 1.807) is 29.9 Å². The van der Waals surface area contributed by atoms with E-state index in [-0.39, 0.29) is 16.7 Å². The van der Waals surface area contributed by atoms with E-state index in [1.807, 2.05) is 11.8 Å². The van der Waals surface area contributed by atoms with Crippen LogP contribution in [0.3, 0.4) is 0 Å². The van der Waals surface area contributed by atoms with E-state index in [2.05, 4.69) is 4.98 Å². The molecule has 0 aliphatic carbocycles. The van der Waals surface area contributed by atoms with Crippen molar-refractivity contribution in [1.82, 2.24) is 14.5 Å². The number of aromatic nitrogens is 2. The largest absolute Gasteiger partial charge is 0.465 e. The second-order valence-electron chi connectivity index (χ2n) is 7.21. The van der Waals surface area contributed by atoms with Crippen LogP contribution in [0.15, 0.2) is 28.2 Å². The number of carbonyl (C=O) groups is 2. The highest BCUT2D eigenvalue weighted by Crippen LogP contribution is 2.25. The van der Waals surface area contributed by atoms with E-state index in [0.717, 1.165) is 25.9 Å². The predicted octanol–water partition coefficient (Wildman–Crippen LogP) is 2.32. The number of methoxy groups -OCH3 is 2. The van der Waals surface area contributed by atoms with E-state index in [0.29, 0.717) is 41.2 Å². The van der Waals surface area contributed by atoms with Crippen molar-refractivity contribution < 1.29 is 19.1 Å². The number of thioether (sulfide) groups is 1. The molecule has 3 rings (SSSR count). The second kappa shape index (κ2) is 10.1. The molecule has 9 heteroatoms. The number of carbonyl (C=O) groups excluding carboxylic acids is 2. The Balaban J connectivity index is 1.99. The molecule has 8 nitrogen and oxygen atoms in total. The van der Waals surface area contributed by atoms with Crippen LogP contribution in [0.2, 0.25) is 0 Å². The van der Waals surface area contributed by atoms with Crippen LogP contribution >= 0.6 is 11.8 Å². The van der Waals surface area contributed by atoms with Gasteiger partial charge in [-0.25, -0.2) is 9.78 Å². The summed E-state index contributed by atoms with van der Waals surface area (Å²) in [7, 11) is 2.92. The van der Waals surface area contributed by atoms with Gasteiger partial charge < -0.3 is 14.4 Å². The summed E-state index contributed by atoms with van der Waals surface area (Å²) >= 11 is 1.28. The Kier molecular flexibility index (Phi) is 7.49. The number of rotatable bonds is 8. The molecule has 2 heterocycles. The number of likely N-dealkylation sites (tertiary alicyclic amines) is 1. The smallest absolute Gasteiger partial charge is 0.337 e. The van der Waals surface area contributed by atoms with Crippen molar-refractivity contribution in [1.29, 1.82) is 0 Å². The molecule has 162 valence electrons. The number of esters is 1. The van der Waals surface area contributed by atoms with Crippen LogP contribution in [0, 0.1) is 0 Å². The molecule has 1 aromatic heterocycles. The van der Waals surface area contributed by atoms with Crippen molar-refractivity contribution in [2.45, 2.75) is 43.1 Å². The normalized spacial score (nSPS) is 14.8. The van der Waals surface area contributed by atoms with Gasteiger partial charge in [0.05, 0.1) is 28.8 Å². The molecule has 1 amide bonds. The zero-order valence-electron chi connectivity index (χ0n) is 17.6. The lowest BCUT2D eigenvalue weighted by Crippen LogP contribution is -2.34. The molecule has 1 atom stereocenters. The summed E-state index contributed by atoms with van der Waals surface area (Å²) in [5, 5.41) is 0.513. The molecule has 0 radical (unpaired) electrons. The SMILES string of the molecule is COCCCn1c(SC(C)C(=O)N2CCCC2)nc2cc(C(=O)OC)ccc2c1=O. The average molecular weight is 434 g/mol. The van der Waals surface area contributed by atoms with Gasteiger partial charge in [-0.1, -0.05) is 11.8 Å². The second-order valence-corrected chi connectivity index (χ2v) is 8.52. The summed E-state index contributed by atoms with van der Waals surface area (Å²) in [6, 6.07) is 4.71. The highest BCUT2D eigenvalue weighted by Gasteiger charge is 2.26. The van der Waals surface area contributed by atoms with E-state index in [9.17, 15) is 14.4 Å². The molecule has 0 spiro atoms. The summed E-state index contributed by atoms with van der Waals surface area (Å²) in [4.78, 5) is 44.3. The first kappa shape index (κ1) is 22.3. The van der Waals surface area contributed by atoms with Crippen LogP contribution in [-0.4, -0.2) is 65.5 Å². The Morgan fingerprint density at radius 2 is 1.97 bits per heavy atom. The third-order valence-corrected chi connectivity index (χ3v) is 6.20. The van der Waals surface area contributed by atoms with Gasteiger partial charge in [-0.3, -0.25) is 14.2 Å². The standard InChI is InChI=1S/C21H27N3O5S/c1-14(18(25)23-9-4-5-10-23)30-21-22-17-13-15(20(27)29-3)7-8-16(17)19(26)24(21)11-6-12-28-2/h7-8,13-14H,4-6,9-12H2,1-3H3. The van der Waals surface area contributed by atoms with Crippen molar-refractivity contribution in [3.05, 3.63) is 34.1 Å². The molecule has 0 saturated carbocycles. The van der Waals surface area contributed by atoms with Crippen LogP contribution in [0.1, 0.15) is 36.5 Å².